The number of rotatable bonds is 6. The fourth-order valence-electron chi connectivity index (χ4n) is 4.13. The number of aryl methyl sites for hydroxylation is 1. The molecule has 10 heteroatoms. The molecule has 176 valence electrons. The molecule has 0 atom stereocenters. The summed E-state index contributed by atoms with van der Waals surface area (Å²) in [5.74, 6) is -0.277. The Balaban J connectivity index is 1.56. The van der Waals surface area contributed by atoms with E-state index in [0.29, 0.717) is 53.7 Å². The number of nitriles is 1. The molecular formula is C24H24FN5O4. The van der Waals surface area contributed by atoms with Crippen LogP contribution in [0.3, 0.4) is 0 Å². The highest BCUT2D eigenvalue weighted by Crippen LogP contribution is 2.42. The van der Waals surface area contributed by atoms with E-state index in [0.717, 1.165) is 6.42 Å². The molecule has 1 aliphatic heterocycles. The fraction of sp³-hybridized carbons (Fsp3) is 0.417. The molecule has 5 rings (SSSR count). The molecule has 1 aliphatic carbocycles. The number of hydrogen-bond acceptors (Lipinski definition) is 7. The van der Waals surface area contributed by atoms with E-state index >= 15 is 0 Å². The van der Waals surface area contributed by atoms with Crippen molar-refractivity contribution in [2.24, 2.45) is 5.41 Å². The lowest BCUT2D eigenvalue weighted by Crippen LogP contribution is -2.40. The number of nitrogens with zero attached hydrogens (tertiary/aromatic N) is 4. The number of aromatic nitrogens is 3. The van der Waals surface area contributed by atoms with Gasteiger partial charge < -0.3 is 19.9 Å². The van der Waals surface area contributed by atoms with E-state index < -0.39 is 22.7 Å². The first-order chi connectivity index (χ1) is 16.2. The summed E-state index contributed by atoms with van der Waals surface area (Å²) in [6, 6.07) is 6.92. The number of hydrogen-bond donors (Lipinski definition) is 2. The molecule has 9 nitrogen and oxygen atoms in total. The minimum Gasteiger partial charge on any atom is -0.453 e. The average molecular weight is 465 g/mol. The summed E-state index contributed by atoms with van der Waals surface area (Å²) < 4.78 is 26.6. The van der Waals surface area contributed by atoms with Crippen LogP contribution in [-0.2, 0) is 11.3 Å². The minimum atomic E-state index is -1.05. The Labute approximate surface area is 195 Å². The number of ether oxygens (including phenoxy) is 2. The highest BCUT2D eigenvalue weighted by molar-refractivity contribution is 6.03. The summed E-state index contributed by atoms with van der Waals surface area (Å²) in [6.07, 6.45) is 3.84. The third-order valence-electron chi connectivity index (χ3n) is 6.37. The maximum Gasteiger partial charge on any atom is 0.246 e. The van der Waals surface area contributed by atoms with E-state index in [1.807, 2.05) is 0 Å². The number of amides is 1. The van der Waals surface area contributed by atoms with Gasteiger partial charge in [-0.25, -0.2) is 14.1 Å². The highest BCUT2D eigenvalue weighted by Gasteiger charge is 2.45. The van der Waals surface area contributed by atoms with E-state index in [4.69, 9.17) is 9.47 Å². The number of halogens is 1. The van der Waals surface area contributed by atoms with Crippen LogP contribution in [0, 0.1) is 22.6 Å². The smallest absolute Gasteiger partial charge is 0.246 e. The van der Waals surface area contributed by atoms with E-state index in [9.17, 15) is 19.6 Å². The predicted octanol–water partition coefficient (Wildman–Crippen LogP) is 3.76. The first-order valence-corrected chi connectivity index (χ1v) is 11.1. The highest BCUT2D eigenvalue weighted by atomic mass is 19.1. The van der Waals surface area contributed by atoms with E-state index in [1.54, 1.807) is 36.9 Å². The van der Waals surface area contributed by atoms with Gasteiger partial charge in [-0.2, -0.15) is 10.4 Å². The van der Waals surface area contributed by atoms with Crippen molar-refractivity contribution < 1.29 is 23.8 Å². The van der Waals surface area contributed by atoms with Crippen molar-refractivity contribution in [1.29, 1.82) is 5.26 Å². The van der Waals surface area contributed by atoms with Gasteiger partial charge >= 0.3 is 0 Å². The quantitative estimate of drug-likeness (QED) is 0.568. The van der Waals surface area contributed by atoms with Gasteiger partial charge in [0.15, 0.2) is 23.0 Å². The summed E-state index contributed by atoms with van der Waals surface area (Å²) in [4.78, 5) is 17.5. The lowest BCUT2D eigenvalue weighted by atomic mass is 9.69. The topological polar surface area (TPSA) is 122 Å². The molecule has 2 N–H and O–H groups in total. The second-order valence-corrected chi connectivity index (χ2v) is 9.42. The number of carbonyl (C=O) groups is 1. The number of carbonyl (C=O) groups excluding carboxylic acids is 1. The van der Waals surface area contributed by atoms with Crippen molar-refractivity contribution in [3.8, 4) is 28.7 Å². The second-order valence-electron chi connectivity index (χ2n) is 9.42. The third kappa shape index (κ3) is 3.82. The maximum absolute atomic E-state index is 14.5. The zero-order chi connectivity index (χ0) is 24.1. The van der Waals surface area contributed by atoms with E-state index in [-0.39, 0.29) is 18.4 Å². The standard InChI is InChI=1S/C24H24FN5O4/c1-23(2,32)6-7-30-21-16(20(29-30)28-22(31)24(12-26)4-3-5-24)8-15(11-27-21)14-9-17(25)19-18(10-14)33-13-34-19/h8-11,32H,3-7,13H2,1-2H3,(H,28,29,31). The van der Waals surface area contributed by atoms with Crippen molar-refractivity contribution >= 4 is 22.8 Å². The van der Waals surface area contributed by atoms with E-state index in [2.05, 4.69) is 21.5 Å². The molecule has 1 saturated carbocycles. The van der Waals surface area contributed by atoms with Gasteiger partial charge in [0.05, 0.1) is 17.1 Å². The van der Waals surface area contributed by atoms with Gasteiger partial charge in [-0.1, -0.05) is 0 Å². The summed E-state index contributed by atoms with van der Waals surface area (Å²) >= 11 is 0. The Morgan fingerprint density at radius 3 is 2.79 bits per heavy atom. The van der Waals surface area contributed by atoms with Crippen LogP contribution in [0.15, 0.2) is 24.4 Å². The number of nitrogens with one attached hydrogen (secondary N) is 1. The lowest BCUT2D eigenvalue weighted by molar-refractivity contribution is -0.126. The number of fused-ring (bicyclic) bond motifs is 2. The maximum atomic E-state index is 14.5. The van der Waals surface area contributed by atoms with Crippen LogP contribution in [0.4, 0.5) is 10.2 Å². The summed E-state index contributed by atoms with van der Waals surface area (Å²) in [5, 5.41) is 27.6. The van der Waals surface area contributed by atoms with Gasteiger partial charge in [0.1, 0.15) is 5.41 Å². The van der Waals surface area contributed by atoms with Crippen LogP contribution in [0.2, 0.25) is 0 Å². The number of anilines is 1. The fourth-order valence-corrected chi connectivity index (χ4v) is 4.13. The van der Waals surface area contributed by atoms with Crippen molar-refractivity contribution in [2.75, 3.05) is 12.1 Å². The number of pyridine rings is 1. The SMILES string of the molecule is CC(C)(O)CCn1nc(NC(=O)C2(C#N)CCC2)c2cc(-c3cc(F)c4c(c3)OCO4)cnc21. The molecule has 3 aromatic rings. The van der Waals surface area contributed by atoms with E-state index in [1.165, 1.54) is 6.07 Å². The minimum absolute atomic E-state index is 0.0439. The molecule has 2 aromatic heterocycles. The third-order valence-corrected chi connectivity index (χ3v) is 6.37. The van der Waals surface area contributed by atoms with Gasteiger partial charge in [-0.05, 0) is 63.3 Å². The van der Waals surface area contributed by atoms with Crippen LogP contribution in [0.25, 0.3) is 22.2 Å². The normalized spacial score (nSPS) is 16.2. The molecule has 0 bridgehead atoms. The van der Waals surface area contributed by atoms with Crippen molar-refractivity contribution in [2.45, 2.75) is 51.7 Å². The second kappa shape index (κ2) is 7.95. The zero-order valence-corrected chi connectivity index (χ0v) is 18.9. The molecular weight excluding hydrogens is 441 g/mol. The lowest BCUT2D eigenvalue weighted by Gasteiger charge is -2.32. The van der Waals surface area contributed by atoms with Crippen molar-refractivity contribution in [3.63, 3.8) is 0 Å². The monoisotopic (exact) mass is 465 g/mol. The molecule has 34 heavy (non-hydrogen) atoms. The van der Waals surface area contributed by atoms with Crippen LogP contribution >= 0.6 is 0 Å². The van der Waals surface area contributed by atoms with Crippen molar-refractivity contribution in [1.82, 2.24) is 14.8 Å². The molecule has 1 amide bonds. The first-order valence-electron chi connectivity index (χ1n) is 11.1. The molecule has 3 heterocycles. The van der Waals surface area contributed by atoms with Crippen LogP contribution in [0.1, 0.15) is 39.5 Å². The summed E-state index contributed by atoms with van der Waals surface area (Å²) in [6.45, 7) is 3.73. The molecule has 0 radical (unpaired) electrons. The molecule has 1 aromatic carbocycles. The Hall–Kier alpha value is -3.71. The molecule has 0 spiro atoms. The Morgan fingerprint density at radius 2 is 2.12 bits per heavy atom. The van der Waals surface area contributed by atoms with Gasteiger partial charge in [0.2, 0.25) is 18.4 Å². The molecule has 0 unspecified atom stereocenters. The van der Waals surface area contributed by atoms with Gasteiger partial charge in [0.25, 0.3) is 0 Å². The van der Waals surface area contributed by atoms with Crippen molar-refractivity contribution in [3.05, 3.63) is 30.2 Å². The van der Waals surface area contributed by atoms with Gasteiger partial charge in [-0.15, -0.1) is 0 Å². The Bertz CT molecular complexity index is 1330. The first kappa shape index (κ1) is 22.1. The van der Waals surface area contributed by atoms with Gasteiger partial charge in [0, 0.05) is 18.3 Å². The van der Waals surface area contributed by atoms with Crippen LogP contribution in [-0.4, -0.2) is 38.2 Å². The largest absolute Gasteiger partial charge is 0.453 e. The zero-order valence-electron chi connectivity index (χ0n) is 18.9. The Morgan fingerprint density at radius 1 is 1.32 bits per heavy atom. The molecule has 1 fully saturated rings. The molecule has 0 saturated heterocycles. The predicted molar refractivity (Wildman–Crippen MR) is 120 cm³/mol. The van der Waals surface area contributed by atoms with Crippen LogP contribution in [0.5, 0.6) is 11.5 Å². The number of benzene rings is 1. The van der Waals surface area contributed by atoms with Crippen LogP contribution < -0.4 is 14.8 Å². The number of aliphatic hydroxyl groups is 1. The Kier molecular flexibility index (Phi) is 5.17. The molecule has 2 aliphatic rings. The average Bonchev–Trinajstić information content (AvgIpc) is 3.36. The summed E-state index contributed by atoms with van der Waals surface area (Å²) in [7, 11) is 0. The van der Waals surface area contributed by atoms with Gasteiger partial charge in [-0.3, -0.25) is 4.79 Å². The summed E-state index contributed by atoms with van der Waals surface area (Å²) in [5.41, 5.74) is -0.327.